The number of rotatable bonds is 9. The van der Waals surface area contributed by atoms with Gasteiger partial charge in [0.1, 0.15) is 0 Å². The summed E-state index contributed by atoms with van der Waals surface area (Å²) in [5, 5.41) is 11.8. The van der Waals surface area contributed by atoms with Crippen molar-refractivity contribution in [3.05, 3.63) is 35.9 Å². The molecule has 0 radical (unpaired) electrons. The lowest BCUT2D eigenvalue weighted by Gasteiger charge is -2.19. The molecule has 2 rings (SSSR count). The SMILES string of the molecule is CCCC(=N)CC(CCC)N[C@H]1CC1c1ccccc1. The Morgan fingerprint density at radius 3 is 2.65 bits per heavy atom. The molecule has 1 aliphatic rings. The molecule has 0 bridgehead atoms. The van der Waals surface area contributed by atoms with Crippen molar-refractivity contribution in [1.82, 2.24) is 5.32 Å². The highest BCUT2D eigenvalue weighted by Crippen LogP contribution is 2.41. The fourth-order valence-corrected chi connectivity index (χ4v) is 3.04. The van der Waals surface area contributed by atoms with E-state index in [1.165, 1.54) is 24.8 Å². The smallest absolute Gasteiger partial charge is 0.0145 e. The fraction of sp³-hybridized carbons (Fsp3) is 0.611. The molecule has 110 valence electrons. The van der Waals surface area contributed by atoms with Crippen LogP contribution in [-0.2, 0) is 0 Å². The molecular weight excluding hydrogens is 244 g/mol. The van der Waals surface area contributed by atoms with Gasteiger partial charge in [0.25, 0.3) is 0 Å². The maximum absolute atomic E-state index is 8.04. The zero-order valence-electron chi connectivity index (χ0n) is 12.9. The summed E-state index contributed by atoms with van der Waals surface area (Å²) < 4.78 is 0. The summed E-state index contributed by atoms with van der Waals surface area (Å²) in [6.45, 7) is 4.39. The van der Waals surface area contributed by atoms with Crippen molar-refractivity contribution in [3.63, 3.8) is 0 Å². The summed E-state index contributed by atoms with van der Waals surface area (Å²) in [6.07, 6.45) is 6.61. The molecule has 1 aromatic rings. The molecule has 3 atom stereocenters. The van der Waals surface area contributed by atoms with Crippen molar-refractivity contribution in [2.75, 3.05) is 0 Å². The molecular formula is C18H28N2. The molecule has 20 heavy (non-hydrogen) atoms. The lowest BCUT2D eigenvalue weighted by molar-refractivity contribution is 0.477. The van der Waals surface area contributed by atoms with Gasteiger partial charge in [-0.3, -0.25) is 0 Å². The van der Waals surface area contributed by atoms with E-state index in [4.69, 9.17) is 5.41 Å². The molecule has 1 aromatic carbocycles. The molecule has 0 aliphatic heterocycles. The van der Waals surface area contributed by atoms with Gasteiger partial charge in [-0.05, 0) is 24.8 Å². The maximum Gasteiger partial charge on any atom is 0.0145 e. The van der Waals surface area contributed by atoms with Gasteiger partial charge in [-0.25, -0.2) is 0 Å². The van der Waals surface area contributed by atoms with E-state index in [9.17, 15) is 0 Å². The van der Waals surface area contributed by atoms with Crippen LogP contribution in [0.25, 0.3) is 0 Å². The third kappa shape index (κ3) is 4.45. The fourth-order valence-electron chi connectivity index (χ4n) is 3.04. The zero-order chi connectivity index (χ0) is 14.4. The topological polar surface area (TPSA) is 35.9 Å². The third-order valence-electron chi connectivity index (χ3n) is 4.15. The van der Waals surface area contributed by atoms with Crippen molar-refractivity contribution in [2.45, 2.75) is 70.4 Å². The molecule has 1 fully saturated rings. The van der Waals surface area contributed by atoms with Crippen molar-refractivity contribution >= 4 is 5.71 Å². The Labute approximate surface area is 123 Å². The summed E-state index contributed by atoms with van der Waals surface area (Å²) in [4.78, 5) is 0. The highest BCUT2D eigenvalue weighted by Gasteiger charge is 2.39. The van der Waals surface area contributed by atoms with Crippen LogP contribution in [0, 0.1) is 5.41 Å². The van der Waals surface area contributed by atoms with E-state index in [1.54, 1.807) is 0 Å². The average Bonchev–Trinajstić information content (AvgIpc) is 3.19. The Balaban J connectivity index is 1.82. The Bertz CT molecular complexity index is 413. The standard InChI is InChI=1S/C18H28N2/c1-3-8-15(19)12-16(9-4-2)20-18-13-17(18)14-10-6-5-7-11-14/h5-7,10-11,16-20H,3-4,8-9,12-13H2,1-2H3/t16?,17?,18-/m0/s1. The van der Waals surface area contributed by atoms with E-state index in [2.05, 4.69) is 49.5 Å². The first-order valence-corrected chi connectivity index (χ1v) is 8.11. The molecule has 0 heterocycles. The van der Waals surface area contributed by atoms with Crippen LogP contribution in [-0.4, -0.2) is 17.8 Å². The summed E-state index contributed by atoms with van der Waals surface area (Å²) in [5.41, 5.74) is 2.37. The van der Waals surface area contributed by atoms with Crippen molar-refractivity contribution < 1.29 is 0 Å². The highest BCUT2D eigenvalue weighted by atomic mass is 15.0. The summed E-state index contributed by atoms with van der Waals surface area (Å²) in [5.74, 6) is 0.691. The van der Waals surface area contributed by atoms with E-state index in [0.717, 1.165) is 25.0 Å². The monoisotopic (exact) mass is 272 g/mol. The number of benzene rings is 1. The average molecular weight is 272 g/mol. The normalized spacial score (nSPS) is 22.5. The van der Waals surface area contributed by atoms with Gasteiger partial charge in [-0.15, -0.1) is 0 Å². The highest BCUT2D eigenvalue weighted by molar-refractivity contribution is 5.81. The molecule has 1 aliphatic carbocycles. The quantitative estimate of drug-likeness (QED) is 0.637. The first-order chi connectivity index (χ1) is 9.74. The van der Waals surface area contributed by atoms with Gasteiger partial charge in [0, 0.05) is 30.1 Å². The second-order valence-corrected chi connectivity index (χ2v) is 6.07. The lowest BCUT2D eigenvalue weighted by Crippen LogP contribution is -2.33. The number of hydrogen-bond acceptors (Lipinski definition) is 2. The van der Waals surface area contributed by atoms with Crippen LogP contribution in [0.4, 0.5) is 0 Å². The molecule has 0 spiro atoms. The molecule has 2 nitrogen and oxygen atoms in total. The number of nitrogens with one attached hydrogen (secondary N) is 2. The molecule has 2 unspecified atom stereocenters. The Kier molecular flexibility index (Phi) is 5.78. The van der Waals surface area contributed by atoms with Gasteiger partial charge in [0.05, 0.1) is 0 Å². The Morgan fingerprint density at radius 1 is 1.25 bits per heavy atom. The van der Waals surface area contributed by atoms with Crippen LogP contribution in [0.2, 0.25) is 0 Å². The predicted molar refractivity (Wildman–Crippen MR) is 86.7 cm³/mol. The third-order valence-corrected chi connectivity index (χ3v) is 4.15. The minimum absolute atomic E-state index is 0.498. The summed E-state index contributed by atoms with van der Waals surface area (Å²) >= 11 is 0. The first-order valence-electron chi connectivity index (χ1n) is 8.11. The van der Waals surface area contributed by atoms with Crippen LogP contribution in [0.5, 0.6) is 0 Å². The Morgan fingerprint density at radius 2 is 2.00 bits per heavy atom. The van der Waals surface area contributed by atoms with E-state index in [1.807, 2.05) is 0 Å². The van der Waals surface area contributed by atoms with Crippen molar-refractivity contribution in [2.24, 2.45) is 0 Å². The van der Waals surface area contributed by atoms with Crippen LogP contribution < -0.4 is 5.32 Å². The summed E-state index contributed by atoms with van der Waals surface area (Å²) in [7, 11) is 0. The molecule has 0 saturated heterocycles. The predicted octanol–water partition coefficient (Wildman–Crippen LogP) is 4.51. The van der Waals surface area contributed by atoms with Gasteiger partial charge in [-0.2, -0.15) is 0 Å². The van der Waals surface area contributed by atoms with Gasteiger partial charge >= 0.3 is 0 Å². The molecule has 1 saturated carbocycles. The number of hydrogen-bond donors (Lipinski definition) is 2. The van der Waals surface area contributed by atoms with E-state index < -0.39 is 0 Å². The van der Waals surface area contributed by atoms with Crippen LogP contribution in [0.3, 0.4) is 0 Å². The van der Waals surface area contributed by atoms with Crippen LogP contribution >= 0.6 is 0 Å². The van der Waals surface area contributed by atoms with Gasteiger partial charge in [0.15, 0.2) is 0 Å². The largest absolute Gasteiger partial charge is 0.310 e. The first kappa shape index (κ1) is 15.2. The Hall–Kier alpha value is -1.15. The van der Waals surface area contributed by atoms with Crippen LogP contribution in [0.1, 0.15) is 63.9 Å². The second kappa shape index (κ2) is 7.58. The van der Waals surface area contributed by atoms with Gasteiger partial charge < -0.3 is 10.7 Å². The minimum atomic E-state index is 0.498. The minimum Gasteiger partial charge on any atom is -0.310 e. The maximum atomic E-state index is 8.04. The van der Waals surface area contributed by atoms with E-state index in [-0.39, 0.29) is 0 Å². The van der Waals surface area contributed by atoms with Crippen LogP contribution in [0.15, 0.2) is 30.3 Å². The lowest BCUT2D eigenvalue weighted by atomic mass is 10.0. The van der Waals surface area contributed by atoms with Crippen molar-refractivity contribution in [3.8, 4) is 0 Å². The van der Waals surface area contributed by atoms with Gasteiger partial charge in [0.2, 0.25) is 0 Å². The van der Waals surface area contributed by atoms with Gasteiger partial charge in [-0.1, -0.05) is 57.0 Å². The molecule has 2 N–H and O–H groups in total. The molecule has 0 amide bonds. The zero-order valence-corrected chi connectivity index (χ0v) is 12.9. The molecule has 0 aromatic heterocycles. The second-order valence-electron chi connectivity index (χ2n) is 6.07. The van der Waals surface area contributed by atoms with E-state index in [0.29, 0.717) is 18.0 Å². The van der Waals surface area contributed by atoms with E-state index >= 15 is 0 Å². The summed E-state index contributed by atoms with van der Waals surface area (Å²) in [6, 6.07) is 11.9. The van der Waals surface area contributed by atoms with Crippen molar-refractivity contribution in [1.29, 1.82) is 5.41 Å². The molecule has 2 heteroatoms.